The van der Waals surface area contributed by atoms with E-state index in [1.807, 2.05) is 4.90 Å². The van der Waals surface area contributed by atoms with Gasteiger partial charge in [0.15, 0.2) is 18.1 Å². The number of nitrogens with one attached hydrogen (secondary N) is 1. The number of hydrogen-bond acceptors (Lipinski definition) is 8. The standard InChI is InChI=1S/C20H22N4O6/c1-28-18-4-2-3-5-19(18)30-14-20(25)22-21-13-15-6-7-16(17(12-15)24(26)27)23-8-10-29-11-9-23/h2-7,12-13H,8-11,14H2,1H3,(H,22,25)/b21-13-. The van der Waals surface area contributed by atoms with Crippen LogP contribution in [0.4, 0.5) is 11.4 Å². The molecule has 1 N–H and O–H groups in total. The highest BCUT2D eigenvalue weighted by Crippen LogP contribution is 2.29. The van der Waals surface area contributed by atoms with Crippen molar-refractivity contribution in [1.29, 1.82) is 0 Å². The van der Waals surface area contributed by atoms with Crippen LogP contribution in [0.5, 0.6) is 11.5 Å². The number of ether oxygens (including phenoxy) is 3. The van der Waals surface area contributed by atoms with Crippen LogP contribution in [-0.4, -0.2) is 57.1 Å². The Hall–Kier alpha value is -3.66. The molecule has 2 aromatic rings. The van der Waals surface area contributed by atoms with Gasteiger partial charge in [-0.05, 0) is 18.2 Å². The summed E-state index contributed by atoms with van der Waals surface area (Å²) in [6, 6.07) is 11.8. The van der Waals surface area contributed by atoms with E-state index in [-0.39, 0.29) is 12.3 Å². The SMILES string of the molecule is COc1ccccc1OCC(=O)N/N=C\c1ccc(N2CCOCC2)c([N+](=O)[O-])c1. The average Bonchev–Trinajstić information content (AvgIpc) is 2.78. The summed E-state index contributed by atoms with van der Waals surface area (Å²) < 4.78 is 15.9. The van der Waals surface area contributed by atoms with E-state index < -0.39 is 10.8 Å². The van der Waals surface area contributed by atoms with Crippen molar-refractivity contribution in [3.63, 3.8) is 0 Å². The molecule has 2 aromatic carbocycles. The van der Waals surface area contributed by atoms with Crippen molar-refractivity contribution in [2.45, 2.75) is 0 Å². The van der Waals surface area contributed by atoms with Gasteiger partial charge in [-0.1, -0.05) is 18.2 Å². The molecule has 0 atom stereocenters. The lowest BCUT2D eigenvalue weighted by molar-refractivity contribution is -0.384. The quantitative estimate of drug-likeness (QED) is 0.399. The minimum absolute atomic E-state index is 0.0216. The Bertz CT molecular complexity index is 927. The molecule has 1 heterocycles. The lowest BCUT2D eigenvalue weighted by Crippen LogP contribution is -2.36. The zero-order valence-corrected chi connectivity index (χ0v) is 16.4. The predicted octanol–water partition coefficient (Wildman–Crippen LogP) is 1.97. The predicted molar refractivity (Wildman–Crippen MR) is 110 cm³/mol. The summed E-state index contributed by atoms with van der Waals surface area (Å²) in [5, 5.41) is 15.3. The molecule has 0 saturated carbocycles. The number of hydrazone groups is 1. The summed E-state index contributed by atoms with van der Waals surface area (Å²) in [7, 11) is 1.51. The van der Waals surface area contributed by atoms with Crippen LogP contribution in [-0.2, 0) is 9.53 Å². The van der Waals surface area contributed by atoms with E-state index in [9.17, 15) is 14.9 Å². The van der Waals surface area contributed by atoms with Crippen LogP contribution in [0.3, 0.4) is 0 Å². The van der Waals surface area contributed by atoms with Gasteiger partial charge in [0.1, 0.15) is 5.69 Å². The monoisotopic (exact) mass is 414 g/mol. The smallest absolute Gasteiger partial charge is 0.293 e. The van der Waals surface area contributed by atoms with E-state index in [2.05, 4.69) is 10.5 Å². The molecule has 0 unspecified atom stereocenters. The molecule has 30 heavy (non-hydrogen) atoms. The summed E-state index contributed by atoms with van der Waals surface area (Å²) in [6.45, 7) is 1.99. The first-order valence-electron chi connectivity index (χ1n) is 9.27. The van der Waals surface area contributed by atoms with E-state index in [4.69, 9.17) is 14.2 Å². The highest BCUT2D eigenvalue weighted by Gasteiger charge is 2.21. The fraction of sp³-hybridized carbons (Fsp3) is 0.300. The maximum Gasteiger partial charge on any atom is 0.293 e. The lowest BCUT2D eigenvalue weighted by Gasteiger charge is -2.28. The van der Waals surface area contributed by atoms with Crippen molar-refractivity contribution < 1.29 is 23.9 Å². The van der Waals surface area contributed by atoms with Gasteiger partial charge in [-0.2, -0.15) is 5.10 Å². The van der Waals surface area contributed by atoms with E-state index in [0.29, 0.717) is 49.1 Å². The van der Waals surface area contributed by atoms with Crippen molar-refractivity contribution >= 4 is 23.5 Å². The first-order chi connectivity index (χ1) is 14.6. The van der Waals surface area contributed by atoms with Crippen LogP contribution < -0.4 is 19.8 Å². The van der Waals surface area contributed by atoms with Crippen molar-refractivity contribution in [1.82, 2.24) is 5.43 Å². The zero-order valence-electron chi connectivity index (χ0n) is 16.4. The maximum atomic E-state index is 11.9. The highest BCUT2D eigenvalue weighted by atomic mass is 16.6. The minimum atomic E-state index is -0.475. The Labute approximate surface area is 173 Å². The number of nitrogens with zero attached hydrogens (tertiary/aromatic N) is 3. The number of carbonyl (C=O) groups excluding carboxylic acids is 1. The number of para-hydroxylation sites is 2. The molecule has 0 aromatic heterocycles. The van der Waals surface area contributed by atoms with Crippen molar-refractivity contribution in [2.24, 2.45) is 5.10 Å². The third-order valence-electron chi connectivity index (χ3n) is 4.38. The van der Waals surface area contributed by atoms with Gasteiger partial charge in [0.25, 0.3) is 11.6 Å². The van der Waals surface area contributed by atoms with Crippen LogP contribution >= 0.6 is 0 Å². The second-order valence-corrected chi connectivity index (χ2v) is 6.34. The third-order valence-corrected chi connectivity index (χ3v) is 4.38. The van der Waals surface area contributed by atoms with Gasteiger partial charge in [0.05, 0.1) is 31.5 Å². The number of morpholine rings is 1. The van der Waals surface area contributed by atoms with Gasteiger partial charge < -0.3 is 19.1 Å². The van der Waals surface area contributed by atoms with Crippen molar-refractivity contribution in [3.05, 3.63) is 58.1 Å². The Morgan fingerprint density at radius 3 is 2.70 bits per heavy atom. The topological polar surface area (TPSA) is 116 Å². The summed E-state index contributed by atoms with van der Waals surface area (Å²) in [5.41, 5.74) is 3.34. The molecule has 1 aliphatic heterocycles. The number of nitro benzene ring substituents is 1. The molecule has 0 aliphatic carbocycles. The summed E-state index contributed by atoms with van der Waals surface area (Å²) in [6.07, 6.45) is 1.34. The van der Waals surface area contributed by atoms with Crippen LogP contribution in [0.2, 0.25) is 0 Å². The van der Waals surface area contributed by atoms with Crippen LogP contribution in [0.15, 0.2) is 47.6 Å². The molecule has 10 heteroatoms. The molecular weight excluding hydrogens is 392 g/mol. The number of methoxy groups -OCH3 is 1. The second kappa shape index (κ2) is 10.2. The van der Waals surface area contributed by atoms with Gasteiger partial charge in [-0.3, -0.25) is 14.9 Å². The molecule has 1 fully saturated rings. The fourth-order valence-electron chi connectivity index (χ4n) is 2.93. The number of anilines is 1. The molecule has 10 nitrogen and oxygen atoms in total. The number of nitro groups is 1. The van der Waals surface area contributed by atoms with Gasteiger partial charge in [-0.15, -0.1) is 0 Å². The molecular formula is C20H22N4O6. The molecule has 1 aliphatic rings. The number of rotatable bonds is 8. The largest absolute Gasteiger partial charge is 0.493 e. The highest BCUT2D eigenvalue weighted by molar-refractivity contribution is 5.85. The molecule has 158 valence electrons. The molecule has 0 spiro atoms. The number of amides is 1. The Kier molecular flexibility index (Phi) is 7.17. The third kappa shape index (κ3) is 5.45. The Morgan fingerprint density at radius 2 is 2.00 bits per heavy atom. The maximum absolute atomic E-state index is 11.9. The van der Waals surface area contributed by atoms with E-state index in [1.54, 1.807) is 36.4 Å². The molecule has 0 radical (unpaired) electrons. The zero-order chi connectivity index (χ0) is 21.3. The number of benzene rings is 2. The summed E-state index contributed by atoms with van der Waals surface area (Å²) in [5.74, 6) is 0.478. The van der Waals surface area contributed by atoms with Crippen LogP contribution in [0.1, 0.15) is 5.56 Å². The van der Waals surface area contributed by atoms with Crippen molar-refractivity contribution in [2.75, 3.05) is 44.9 Å². The van der Waals surface area contributed by atoms with E-state index in [1.165, 1.54) is 19.4 Å². The van der Waals surface area contributed by atoms with Gasteiger partial charge in [0.2, 0.25) is 0 Å². The molecule has 0 bridgehead atoms. The first kappa shape index (κ1) is 21.1. The van der Waals surface area contributed by atoms with Gasteiger partial charge in [-0.25, -0.2) is 5.43 Å². The number of carbonyl (C=O) groups is 1. The van der Waals surface area contributed by atoms with Gasteiger partial charge >= 0.3 is 0 Å². The van der Waals surface area contributed by atoms with E-state index >= 15 is 0 Å². The lowest BCUT2D eigenvalue weighted by atomic mass is 10.1. The van der Waals surface area contributed by atoms with Crippen molar-refractivity contribution in [3.8, 4) is 11.5 Å². The minimum Gasteiger partial charge on any atom is -0.493 e. The summed E-state index contributed by atoms with van der Waals surface area (Å²) >= 11 is 0. The Balaban J connectivity index is 1.59. The number of hydrogen-bond donors (Lipinski definition) is 1. The fourth-order valence-corrected chi connectivity index (χ4v) is 2.93. The normalized spacial score (nSPS) is 13.8. The van der Waals surface area contributed by atoms with Crippen LogP contribution in [0, 0.1) is 10.1 Å². The average molecular weight is 414 g/mol. The molecule has 3 rings (SSSR count). The van der Waals surface area contributed by atoms with E-state index in [0.717, 1.165) is 0 Å². The molecule has 1 amide bonds. The second-order valence-electron chi connectivity index (χ2n) is 6.34. The van der Waals surface area contributed by atoms with Crippen LogP contribution in [0.25, 0.3) is 0 Å². The first-order valence-corrected chi connectivity index (χ1v) is 9.27. The van der Waals surface area contributed by atoms with Gasteiger partial charge in [0, 0.05) is 24.7 Å². The molecule has 1 saturated heterocycles. The Morgan fingerprint density at radius 1 is 1.27 bits per heavy atom. The summed E-state index contributed by atoms with van der Waals surface area (Å²) in [4.78, 5) is 24.9.